The van der Waals surface area contributed by atoms with Gasteiger partial charge in [-0.1, -0.05) is 130 Å². The normalized spacial score (nSPS) is 21.2. The summed E-state index contributed by atoms with van der Waals surface area (Å²) in [5.74, 6) is 0. The number of hydrogen-bond acceptors (Lipinski definition) is 16. The van der Waals surface area contributed by atoms with Gasteiger partial charge in [0.05, 0.1) is 50.8 Å². The predicted octanol–water partition coefficient (Wildman–Crippen LogP) is 12.7. The zero-order valence-electron chi connectivity index (χ0n) is 21.7. The fourth-order valence-electron chi connectivity index (χ4n) is 3.62. The quantitative estimate of drug-likeness (QED) is 0.267. The fourth-order valence-corrected chi connectivity index (χ4v) is 25.4. The second kappa shape index (κ2) is 15.0. The van der Waals surface area contributed by atoms with E-state index in [0.29, 0.717) is 0 Å². The van der Waals surface area contributed by atoms with Crippen molar-refractivity contribution in [1.82, 2.24) is 0 Å². The fraction of sp³-hybridized carbons (Fsp3) is 0.250. The summed E-state index contributed by atoms with van der Waals surface area (Å²) in [5.41, 5.74) is 0. The Balaban J connectivity index is 1.42. The molecule has 5 aliphatic rings. The highest BCUT2D eigenvalue weighted by Gasteiger charge is 2.35. The molecule has 212 valence electrons. The van der Waals surface area contributed by atoms with Crippen molar-refractivity contribution in [3.8, 4) is 0 Å². The van der Waals surface area contributed by atoms with E-state index in [1.807, 2.05) is 188 Å². The molecule has 0 aromatic heterocycles. The molecule has 0 nitrogen and oxygen atoms in total. The van der Waals surface area contributed by atoms with Crippen molar-refractivity contribution in [2.24, 2.45) is 0 Å². The molecule has 0 saturated carbocycles. The summed E-state index contributed by atoms with van der Waals surface area (Å²) in [6, 6.07) is 4.81. The SMILES string of the molecule is CSC1=C(SC)SC(=C2SC3=C(S2)Sc2c(c(=C4SC(SC)=C(SC)S4)ccc2=C2SC(SC)=C(SC)S2)S3)S1. The van der Waals surface area contributed by atoms with Gasteiger partial charge in [0.15, 0.2) is 0 Å². The Hall–Kier alpha value is 3.26. The molecule has 6 rings (SSSR count). The van der Waals surface area contributed by atoms with Crippen molar-refractivity contribution < 1.29 is 0 Å². The first kappa shape index (κ1) is 33.2. The molecule has 40 heavy (non-hydrogen) atoms. The Bertz CT molecular complexity index is 1410. The van der Waals surface area contributed by atoms with E-state index in [-0.39, 0.29) is 0 Å². The van der Waals surface area contributed by atoms with Gasteiger partial charge in [-0.25, -0.2) is 0 Å². The van der Waals surface area contributed by atoms with Crippen LogP contribution in [0.2, 0.25) is 0 Å². The number of thioether (sulfide) groups is 16. The molecule has 0 N–H and O–H groups in total. The topological polar surface area (TPSA) is 0 Å². The Morgan fingerprint density at radius 3 is 0.875 bits per heavy atom. The summed E-state index contributed by atoms with van der Waals surface area (Å²) in [5, 5.41) is 2.80. The first-order valence-corrected chi connectivity index (χ1v) is 26.7. The van der Waals surface area contributed by atoms with Crippen molar-refractivity contribution in [1.29, 1.82) is 0 Å². The van der Waals surface area contributed by atoms with E-state index in [4.69, 9.17) is 0 Å². The third kappa shape index (κ3) is 6.65. The number of fused-ring (bicyclic) bond motifs is 1. The summed E-state index contributed by atoms with van der Waals surface area (Å²) >= 11 is 31.0. The van der Waals surface area contributed by atoms with Gasteiger partial charge in [0.2, 0.25) is 0 Å². The van der Waals surface area contributed by atoms with E-state index in [9.17, 15) is 0 Å². The molecular weight excluding hydrogens is 801 g/mol. The molecule has 0 atom stereocenters. The summed E-state index contributed by atoms with van der Waals surface area (Å²) in [6.07, 6.45) is 13.2. The van der Waals surface area contributed by atoms with E-state index in [1.54, 1.807) is 0 Å². The lowest BCUT2D eigenvalue weighted by molar-refractivity contribution is 1.17. The second-order valence-electron chi connectivity index (χ2n) is 7.51. The summed E-state index contributed by atoms with van der Waals surface area (Å²) in [6.45, 7) is 0. The lowest BCUT2D eigenvalue weighted by Crippen LogP contribution is -2.18. The van der Waals surface area contributed by atoms with Crippen molar-refractivity contribution in [2.75, 3.05) is 37.5 Å². The van der Waals surface area contributed by atoms with Crippen LogP contribution >= 0.6 is 188 Å². The highest BCUT2D eigenvalue weighted by molar-refractivity contribution is 8.47. The summed E-state index contributed by atoms with van der Waals surface area (Å²) in [4.78, 5) is 2.88. The summed E-state index contributed by atoms with van der Waals surface area (Å²) in [7, 11) is 0. The van der Waals surface area contributed by atoms with Crippen LogP contribution in [0.5, 0.6) is 0 Å². The van der Waals surface area contributed by atoms with Gasteiger partial charge >= 0.3 is 0 Å². The highest BCUT2D eigenvalue weighted by atomic mass is 32.3. The number of benzene rings is 1. The van der Waals surface area contributed by atoms with Gasteiger partial charge < -0.3 is 0 Å². The van der Waals surface area contributed by atoms with Gasteiger partial charge in [-0.2, -0.15) is 0 Å². The van der Waals surface area contributed by atoms with E-state index in [2.05, 4.69) is 49.7 Å². The van der Waals surface area contributed by atoms with Gasteiger partial charge in [-0.15, -0.1) is 70.6 Å². The van der Waals surface area contributed by atoms with Crippen molar-refractivity contribution in [2.45, 2.75) is 9.79 Å². The molecule has 0 unspecified atom stereocenters. The largest absolute Gasteiger partial charge is 0.121 e. The molecule has 5 aliphatic heterocycles. The average molecular weight is 821 g/mol. The highest BCUT2D eigenvalue weighted by Crippen LogP contribution is 2.69. The Kier molecular flexibility index (Phi) is 12.4. The van der Waals surface area contributed by atoms with Gasteiger partial charge in [-0.05, 0) is 37.5 Å². The van der Waals surface area contributed by atoms with Crippen molar-refractivity contribution in [3.05, 3.63) is 64.9 Å². The maximum atomic E-state index is 2.40. The van der Waals surface area contributed by atoms with Crippen LogP contribution in [0.1, 0.15) is 0 Å². The van der Waals surface area contributed by atoms with Crippen LogP contribution in [0.4, 0.5) is 0 Å². The number of rotatable bonds is 6. The van der Waals surface area contributed by atoms with Crippen LogP contribution < -0.4 is 10.4 Å². The monoisotopic (exact) mass is 820 g/mol. The second-order valence-corrected chi connectivity index (χ2v) is 25.7. The molecule has 0 aliphatic carbocycles. The van der Waals surface area contributed by atoms with Crippen LogP contribution in [0.15, 0.2) is 64.3 Å². The van der Waals surface area contributed by atoms with Crippen LogP contribution in [-0.4, -0.2) is 37.5 Å². The molecule has 1 aromatic rings. The molecule has 0 fully saturated rings. The molecule has 16 heteroatoms. The van der Waals surface area contributed by atoms with E-state index in [0.717, 1.165) is 0 Å². The smallest absolute Gasteiger partial charge is 0.0718 e. The maximum Gasteiger partial charge on any atom is 0.0718 e. The van der Waals surface area contributed by atoms with E-state index >= 15 is 0 Å². The third-order valence-corrected chi connectivity index (χ3v) is 27.4. The minimum Gasteiger partial charge on any atom is -0.121 e. The van der Waals surface area contributed by atoms with Crippen LogP contribution in [-0.2, 0) is 0 Å². The van der Waals surface area contributed by atoms with E-state index < -0.39 is 0 Å². The zero-order valence-corrected chi connectivity index (χ0v) is 34.8. The van der Waals surface area contributed by atoms with Gasteiger partial charge in [-0.3, -0.25) is 0 Å². The molecule has 0 spiro atoms. The predicted molar refractivity (Wildman–Crippen MR) is 221 cm³/mol. The lowest BCUT2D eigenvalue weighted by Gasteiger charge is -2.18. The standard InChI is InChI=1S/C24H20S16/c1-25-15-16(26-2)34-13(33-15)9-7-8-10(14-35-17(27-3)18(28-4)36-14)12-11(9)31-21-22(32-12)40-24(39-21)23-37-19(29-5)20(30-6)38-23/h7-8H,1-6H3. The molecule has 0 bridgehead atoms. The Morgan fingerprint density at radius 2 is 0.575 bits per heavy atom. The lowest BCUT2D eigenvalue weighted by atomic mass is 10.3. The summed E-state index contributed by atoms with van der Waals surface area (Å²) < 4.78 is 17.3. The third-order valence-electron chi connectivity index (χ3n) is 5.37. The molecular formula is C24H20S16. The number of hydrogen-bond donors (Lipinski definition) is 0. The van der Waals surface area contributed by atoms with Gasteiger partial charge in [0, 0.05) is 20.2 Å². The zero-order chi connectivity index (χ0) is 28.0. The van der Waals surface area contributed by atoms with Crippen LogP contribution in [0.25, 0.3) is 8.47 Å². The minimum absolute atomic E-state index is 1.40. The average Bonchev–Trinajstić information content (AvgIpc) is 3.78. The Labute approximate surface area is 304 Å². The molecule has 0 amide bonds. The minimum atomic E-state index is 1.40. The van der Waals surface area contributed by atoms with Crippen molar-refractivity contribution >= 4 is 197 Å². The first-order chi connectivity index (χ1) is 19.5. The maximum absolute atomic E-state index is 2.40. The first-order valence-electron chi connectivity index (χ1n) is 11.2. The molecule has 5 heterocycles. The molecule has 0 radical (unpaired) electrons. The van der Waals surface area contributed by atoms with Gasteiger partial charge in [0.25, 0.3) is 0 Å². The van der Waals surface area contributed by atoms with Crippen molar-refractivity contribution in [3.63, 3.8) is 0 Å². The van der Waals surface area contributed by atoms with Crippen LogP contribution in [0, 0.1) is 0 Å². The van der Waals surface area contributed by atoms with E-state index in [1.165, 1.54) is 71.1 Å². The molecule has 1 aromatic carbocycles. The Morgan fingerprint density at radius 1 is 0.325 bits per heavy atom. The van der Waals surface area contributed by atoms with Gasteiger partial charge in [0.1, 0.15) is 0 Å². The molecule has 0 saturated heterocycles. The van der Waals surface area contributed by atoms with Crippen LogP contribution in [0.3, 0.4) is 0 Å².